The van der Waals surface area contributed by atoms with E-state index in [4.69, 9.17) is 4.74 Å². The number of hydrogen-bond acceptors (Lipinski definition) is 6. The van der Waals surface area contributed by atoms with Crippen LogP contribution in [0.25, 0.3) is 0 Å². The van der Waals surface area contributed by atoms with Gasteiger partial charge in [0.15, 0.2) is 0 Å². The lowest BCUT2D eigenvalue weighted by atomic mass is 10.2. The van der Waals surface area contributed by atoms with Crippen LogP contribution in [0.3, 0.4) is 0 Å². The molecule has 144 valence electrons. The molecule has 1 aliphatic heterocycles. The molecule has 0 spiro atoms. The maximum Gasteiger partial charge on any atom is 0.270 e. The van der Waals surface area contributed by atoms with Gasteiger partial charge in [-0.25, -0.2) is 9.97 Å². The van der Waals surface area contributed by atoms with E-state index in [1.54, 1.807) is 12.3 Å². The predicted molar refractivity (Wildman–Crippen MR) is 105 cm³/mol. The van der Waals surface area contributed by atoms with E-state index < -0.39 is 0 Å². The van der Waals surface area contributed by atoms with E-state index in [-0.39, 0.29) is 5.91 Å². The summed E-state index contributed by atoms with van der Waals surface area (Å²) < 4.78 is 5.33. The van der Waals surface area contributed by atoms with E-state index in [9.17, 15) is 4.79 Å². The molecular weight excluding hydrogens is 342 g/mol. The normalized spacial score (nSPS) is 14.7. The molecule has 27 heavy (non-hydrogen) atoms. The SMILES string of the molecule is CCN(Cc1ccccc1)c1nccc(C(=O)NCCN2CCOCC2)n1. The van der Waals surface area contributed by atoms with Gasteiger partial charge in [0.1, 0.15) is 5.69 Å². The molecule has 1 amide bonds. The molecule has 7 heteroatoms. The number of nitrogens with zero attached hydrogens (tertiary/aromatic N) is 4. The van der Waals surface area contributed by atoms with Gasteiger partial charge in [-0.15, -0.1) is 0 Å². The number of carbonyl (C=O) groups excluding carboxylic acids is 1. The van der Waals surface area contributed by atoms with Crippen molar-refractivity contribution in [1.82, 2.24) is 20.2 Å². The molecule has 0 aliphatic carbocycles. The lowest BCUT2D eigenvalue weighted by molar-refractivity contribution is 0.0383. The first kappa shape index (κ1) is 19.3. The Morgan fingerprint density at radius 2 is 2.00 bits per heavy atom. The van der Waals surface area contributed by atoms with Crippen LogP contribution in [0.5, 0.6) is 0 Å². The summed E-state index contributed by atoms with van der Waals surface area (Å²) in [6.07, 6.45) is 1.65. The second kappa shape index (κ2) is 9.99. The Balaban J connectivity index is 1.57. The van der Waals surface area contributed by atoms with Gasteiger partial charge in [-0.3, -0.25) is 9.69 Å². The second-order valence-electron chi connectivity index (χ2n) is 6.45. The number of anilines is 1. The van der Waals surface area contributed by atoms with E-state index in [1.807, 2.05) is 18.2 Å². The molecule has 2 heterocycles. The standard InChI is InChI=1S/C20H27N5O2/c1-2-25(16-17-6-4-3-5-7-17)20-22-9-8-18(23-20)19(26)21-10-11-24-12-14-27-15-13-24/h3-9H,2,10-16H2,1H3,(H,21,26). The summed E-state index contributed by atoms with van der Waals surface area (Å²) in [6.45, 7) is 8.30. The first-order chi connectivity index (χ1) is 13.3. The number of rotatable bonds is 8. The fraction of sp³-hybridized carbons (Fsp3) is 0.450. The fourth-order valence-corrected chi connectivity index (χ4v) is 3.00. The van der Waals surface area contributed by atoms with Gasteiger partial charge in [-0.05, 0) is 18.6 Å². The van der Waals surface area contributed by atoms with Crippen molar-refractivity contribution in [3.05, 3.63) is 53.9 Å². The van der Waals surface area contributed by atoms with Gasteiger partial charge < -0.3 is 15.0 Å². The van der Waals surface area contributed by atoms with E-state index in [2.05, 4.69) is 44.1 Å². The number of carbonyl (C=O) groups is 1. The van der Waals surface area contributed by atoms with Crippen molar-refractivity contribution in [2.45, 2.75) is 13.5 Å². The van der Waals surface area contributed by atoms with Gasteiger partial charge >= 0.3 is 0 Å². The molecule has 1 N–H and O–H groups in total. The summed E-state index contributed by atoms with van der Waals surface area (Å²) in [5.74, 6) is 0.407. The largest absolute Gasteiger partial charge is 0.379 e. The quantitative estimate of drug-likeness (QED) is 0.762. The lowest BCUT2D eigenvalue weighted by Gasteiger charge is -2.26. The lowest BCUT2D eigenvalue weighted by Crippen LogP contribution is -2.41. The van der Waals surface area contributed by atoms with Crippen LogP contribution < -0.4 is 10.2 Å². The molecule has 1 aliphatic rings. The van der Waals surface area contributed by atoms with Gasteiger partial charge in [-0.2, -0.15) is 0 Å². The average molecular weight is 369 g/mol. The maximum absolute atomic E-state index is 12.4. The highest BCUT2D eigenvalue weighted by atomic mass is 16.5. The van der Waals surface area contributed by atoms with Crippen LogP contribution in [-0.2, 0) is 11.3 Å². The number of morpholine rings is 1. The summed E-state index contributed by atoms with van der Waals surface area (Å²) in [7, 11) is 0. The van der Waals surface area contributed by atoms with Crippen molar-refractivity contribution >= 4 is 11.9 Å². The van der Waals surface area contributed by atoms with Gasteiger partial charge in [0.05, 0.1) is 13.2 Å². The van der Waals surface area contributed by atoms with Gasteiger partial charge in [-0.1, -0.05) is 30.3 Å². The number of hydrogen-bond donors (Lipinski definition) is 1. The fourth-order valence-electron chi connectivity index (χ4n) is 3.00. The highest BCUT2D eigenvalue weighted by molar-refractivity contribution is 5.92. The summed E-state index contributed by atoms with van der Waals surface area (Å²) in [6, 6.07) is 11.8. The molecule has 1 aromatic carbocycles. The predicted octanol–water partition coefficient (Wildman–Crippen LogP) is 1.57. The first-order valence-electron chi connectivity index (χ1n) is 9.46. The van der Waals surface area contributed by atoms with E-state index >= 15 is 0 Å². The third kappa shape index (κ3) is 5.74. The van der Waals surface area contributed by atoms with Crippen LogP contribution in [0, 0.1) is 0 Å². The summed E-state index contributed by atoms with van der Waals surface area (Å²) >= 11 is 0. The number of nitrogens with one attached hydrogen (secondary N) is 1. The van der Waals surface area contributed by atoms with Crippen molar-refractivity contribution < 1.29 is 9.53 Å². The van der Waals surface area contributed by atoms with Crippen molar-refractivity contribution in [3.8, 4) is 0 Å². The number of aromatic nitrogens is 2. The average Bonchev–Trinajstić information content (AvgIpc) is 2.73. The molecule has 1 saturated heterocycles. The van der Waals surface area contributed by atoms with Crippen LogP contribution in [0.4, 0.5) is 5.95 Å². The molecule has 0 unspecified atom stereocenters. The van der Waals surface area contributed by atoms with Crippen LogP contribution in [-0.4, -0.2) is 66.7 Å². The Morgan fingerprint density at radius 3 is 2.74 bits per heavy atom. The minimum Gasteiger partial charge on any atom is -0.379 e. The number of ether oxygens (including phenoxy) is 1. The molecule has 2 aromatic rings. The van der Waals surface area contributed by atoms with E-state index in [0.29, 0.717) is 24.7 Å². The Hall–Kier alpha value is -2.51. The Kier molecular flexibility index (Phi) is 7.12. The molecule has 7 nitrogen and oxygen atoms in total. The topological polar surface area (TPSA) is 70.6 Å². The highest BCUT2D eigenvalue weighted by Crippen LogP contribution is 2.12. The monoisotopic (exact) mass is 369 g/mol. The zero-order chi connectivity index (χ0) is 18.9. The molecule has 3 rings (SSSR count). The minimum atomic E-state index is -0.164. The smallest absolute Gasteiger partial charge is 0.270 e. The van der Waals surface area contributed by atoms with E-state index in [1.165, 1.54) is 5.56 Å². The molecule has 0 bridgehead atoms. The zero-order valence-corrected chi connectivity index (χ0v) is 15.8. The molecule has 0 saturated carbocycles. The highest BCUT2D eigenvalue weighted by Gasteiger charge is 2.14. The third-order valence-corrected chi connectivity index (χ3v) is 4.57. The Labute approximate surface area is 160 Å². The third-order valence-electron chi connectivity index (χ3n) is 4.57. The van der Waals surface area contributed by atoms with Crippen molar-refractivity contribution in [2.24, 2.45) is 0 Å². The Bertz CT molecular complexity index is 719. The minimum absolute atomic E-state index is 0.164. The van der Waals surface area contributed by atoms with Crippen LogP contribution in [0.15, 0.2) is 42.6 Å². The molecule has 0 atom stereocenters. The van der Waals surface area contributed by atoms with Crippen molar-refractivity contribution in [3.63, 3.8) is 0 Å². The Morgan fingerprint density at radius 1 is 1.22 bits per heavy atom. The summed E-state index contributed by atoms with van der Waals surface area (Å²) in [5, 5.41) is 2.95. The number of amides is 1. The molecule has 1 fully saturated rings. The van der Waals surface area contributed by atoms with Gasteiger partial charge in [0, 0.05) is 45.5 Å². The zero-order valence-electron chi connectivity index (χ0n) is 15.8. The van der Waals surface area contributed by atoms with E-state index in [0.717, 1.165) is 39.4 Å². The van der Waals surface area contributed by atoms with Gasteiger partial charge in [0.2, 0.25) is 5.95 Å². The maximum atomic E-state index is 12.4. The van der Waals surface area contributed by atoms with Crippen molar-refractivity contribution in [1.29, 1.82) is 0 Å². The van der Waals surface area contributed by atoms with Crippen LogP contribution >= 0.6 is 0 Å². The van der Waals surface area contributed by atoms with Crippen molar-refractivity contribution in [2.75, 3.05) is 50.8 Å². The van der Waals surface area contributed by atoms with Crippen LogP contribution in [0.1, 0.15) is 23.0 Å². The summed E-state index contributed by atoms with van der Waals surface area (Å²) in [4.78, 5) is 25.6. The molecule has 0 radical (unpaired) electrons. The molecule has 1 aromatic heterocycles. The van der Waals surface area contributed by atoms with Crippen LogP contribution in [0.2, 0.25) is 0 Å². The van der Waals surface area contributed by atoms with Gasteiger partial charge in [0.25, 0.3) is 5.91 Å². The summed E-state index contributed by atoms with van der Waals surface area (Å²) in [5.41, 5.74) is 1.58. The second-order valence-corrected chi connectivity index (χ2v) is 6.45. The first-order valence-corrected chi connectivity index (χ1v) is 9.46. The number of benzene rings is 1. The molecular formula is C20H27N5O2.